The third-order valence-electron chi connectivity index (χ3n) is 2.77. The summed E-state index contributed by atoms with van der Waals surface area (Å²) >= 11 is 0. The molecule has 1 atom stereocenters. The van der Waals surface area contributed by atoms with Gasteiger partial charge >= 0.3 is 0 Å². The smallest absolute Gasteiger partial charge is 0.0991 e. The van der Waals surface area contributed by atoms with Crippen LogP contribution in [0.3, 0.4) is 0 Å². The number of likely N-dealkylation sites (N-methyl/N-ethyl adjacent to an activating group) is 1. The molecule has 0 radical (unpaired) electrons. The van der Waals surface area contributed by atoms with E-state index in [1.54, 1.807) is 19.4 Å². The van der Waals surface area contributed by atoms with Crippen molar-refractivity contribution in [3.05, 3.63) is 48.5 Å². The van der Waals surface area contributed by atoms with Crippen molar-refractivity contribution in [1.29, 1.82) is 0 Å². The van der Waals surface area contributed by atoms with E-state index in [9.17, 15) is 5.11 Å². The van der Waals surface area contributed by atoms with E-state index >= 15 is 0 Å². The molecule has 0 saturated carbocycles. The lowest BCUT2D eigenvalue weighted by atomic mass is 10.2. The standard InChI is InChI=1S/C14H19N3O/c1-12(18)9-16(2)10-13-3-5-14(6-4-13)17-8-7-15-11-17/h3-8,11-12,18H,9-10H2,1-2H3. The molecular formula is C14H19N3O. The summed E-state index contributed by atoms with van der Waals surface area (Å²) in [6.45, 7) is 3.33. The van der Waals surface area contributed by atoms with Crippen LogP contribution < -0.4 is 0 Å². The molecule has 2 rings (SSSR count). The highest BCUT2D eigenvalue weighted by Gasteiger charge is 2.04. The van der Waals surface area contributed by atoms with Gasteiger partial charge < -0.3 is 9.67 Å². The van der Waals surface area contributed by atoms with Crippen molar-refractivity contribution in [2.45, 2.75) is 19.6 Å². The number of imidazole rings is 1. The van der Waals surface area contributed by atoms with Crippen LogP contribution in [0, 0.1) is 0 Å². The average molecular weight is 245 g/mol. The molecule has 18 heavy (non-hydrogen) atoms. The molecule has 0 spiro atoms. The second-order valence-electron chi connectivity index (χ2n) is 4.68. The summed E-state index contributed by atoms with van der Waals surface area (Å²) in [6.07, 6.45) is 5.19. The van der Waals surface area contributed by atoms with Crippen LogP contribution in [0.1, 0.15) is 12.5 Å². The zero-order chi connectivity index (χ0) is 13.0. The van der Waals surface area contributed by atoms with Gasteiger partial charge in [0.1, 0.15) is 0 Å². The maximum atomic E-state index is 9.32. The molecule has 0 aliphatic heterocycles. The van der Waals surface area contributed by atoms with Crippen molar-refractivity contribution in [1.82, 2.24) is 14.5 Å². The predicted octanol–water partition coefficient (Wildman–Crippen LogP) is 1.68. The fourth-order valence-electron chi connectivity index (χ4n) is 2.01. The van der Waals surface area contributed by atoms with Gasteiger partial charge in [-0.1, -0.05) is 12.1 Å². The van der Waals surface area contributed by atoms with Crippen LogP contribution in [0.25, 0.3) is 5.69 Å². The first-order valence-corrected chi connectivity index (χ1v) is 6.09. The molecule has 0 amide bonds. The second-order valence-corrected chi connectivity index (χ2v) is 4.68. The van der Waals surface area contributed by atoms with Gasteiger partial charge in [0.15, 0.2) is 0 Å². The zero-order valence-corrected chi connectivity index (χ0v) is 10.8. The third-order valence-corrected chi connectivity index (χ3v) is 2.77. The Morgan fingerprint density at radius 2 is 2.06 bits per heavy atom. The highest BCUT2D eigenvalue weighted by molar-refractivity contribution is 5.34. The Morgan fingerprint density at radius 1 is 1.33 bits per heavy atom. The second kappa shape index (κ2) is 5.80. The molecule has 4 heteroatoms. The Morgan fingerprint density at radius 3 is 2.61 bits per heavy atom. The van der Waals surface area contributed by atoms with Gasteiger partial charge in [0, 0.05) is 31.2 Å². The number of hydrogen-bond donors (Lipinski definition) is 1. The van der Waals surface area contributed by atoms with Crippen molar-refractivity contribution >= 4 is 0 Å². The first-order chi connectivity index (χ1) is 8.65. The Labute approximate surface area is 108 Å². The van der Waals surface area contributed by atoms with Crippen LogP contribution in [0.2, 0.25) is 0 Å². The maximum absolute atomic E-state index is 9.32. The van der Waals surface area contributed by atoms with E-state index in [1.807, 2.05) is 17.8 Å². The molecule has 1 N–H and O–H groups in total. The highest BCUT2D eigenvalue weighted by Crippen LogP contribution is 2.10. The number of rotatable bonds is 5. The number of aromatic nitrogens is 2. The summed E-state index contributed by atoms with van der Waals surface area (Å²) in [5.41, 5.74) is 2.34. The molecule has 0 bridgehead atoms. The van der Waals surface area contributed by atoms with Gasteiger partial charge in [-0.05, 0) is 31.7 Å². The normalized spacial score (nSPS) is 12.9. The SMILES string of the molecule is CC(O)CN(C)Cc1ccc(-n2ccnc2)cc1. The minimum Gasteiger partial charge on any atom is -0.392 e. The van der Waals surface area contributed by atoms with Crippen molar-refractivity contribution in [3.63, 3.8) is 0 Å². The number of benzene rings is 1. The molecule has 0 aliphatic carbocycles. The van der Waals surface area contributed by atoms with Crippen LogP contribution in [-0.4, -0.2) is 39.3 Å². The average Bonchev–Trinajstić information content (AvgIpc) is 2.82. The van der Waals surface area contributed by atoms with Crippen LogP contribution in [-0.2, 0) is 6.54 Å². The fraction of sp³-hybridized carbons (Fsp3) is 0.357. The molecule has 2 aromatic rings. The summed E-state index contributed by atoms with van der Waals surface area (Å²) in [5.74, 6) is 0. The maximum Gasteiger partial charge on any atom is 0.0991 e. The Kier molecular flexibility index (Phi) is 4.12. The third kappa shape index (κ3) is 3.42. The minimum atomic E-state index is -0.291. The summed E-state index contributed by atoms with van der Waals surface area (Å²) in [5, 5.41) is 9.32. The largest absolute Gasteiger partial charge is 0.392 e. The minimum absolute atomic E-state index is 0.291. The van der Waals surface area contributed by atoms with E-state index in [4.69, 9.17) is 0 Å². The molecule has 0 aliphatic rings. The topological polar surface area (TPSA) is 41.3 Å². The van der Waals surface area contributed by atoms with Crippen molar-refractivity contribution in [2.75, 3.05) is 13.6 Å². The van der Waals surface area contributed by atoms with E-state index in [-0.39, 0.29) is 6.10 Å². The molecule has 1 unspecified atom stereocenters. The molecule has 1 aromatic carbocycles. The van der Waals surface area contributed by atoms with E-state index in [0.717, 1.165) is 12.2 Å². The van der Waals surface area contributed by atoms with Crippen molar-refractivity contribution in [2.24, 2.45) is 0 Å². The molecule has 0 saturated heterocycles. The summed E-state index contributed by atoms with van der Waals surface area (Å²) in [4.78, 5) is 6.14. The summed E-state index contributed by atoms with van der Waals surface area (Å²) in [6, 6.07) is 8.36. The van der Waals surface area contributed by atoms with Gasteiger partial charge in [-0.2, -0.15) is 0 Å². The van der Waals surface area contributed by atoms with E-state index in [0.29, 0.717) is 6.54 Å². The lowest BCUT2D eigenvalue weighted by Gasteiger charge is -2.18. The van der Waals surface area contributed by atoms with Crippen molar-refractivity contribution < 1.29 is 5.11 Å². The zero-order valence-electron chi connectivity index (χ0n) is 10.8. The number of aliphatic hydroxyl groups is 1. The van der Waals surface area contributed by atoms with E-state index in [2.05, 4.69) is 34.1 Å². The lowest BCUT2D eigenvalue weighted by Crippen LogP contribution is -2.26. The van der Waals surface area contributed by atoms with Gasteiger partial charge in [-0.3, -0.25) is 4.90 Å². The van der Waals surface area contributed by atoms with Gasteiger partial charge in [-0.25, -0.2) is 4.98 Å². The molecule has 1 heterocycles. The molecule has 1 aromatic heterocycles. The monoisotopic (exact) mass is 245 g/mol. The van der Waals surface area contributed by atoms with E-state index < -0.39 is 0 Å². The number of nitrogens with zero attached hydrogens (tertiary/aromatic N) is 3. The van der Waals surface area contributed by atoms with Crippen LogP contribution in [0.5, 0.6) is 0 Å². The highest BCUT2D eigenvalue weighted by atomic mass is 16.3. The fourth-order valence-corrected chi connectivity index (χ4v) is 2.01. The van der Waals surface area contributed by atoms with E-state index in [1.165, 1.54) is 5.56 Å². The number of hydrogen-bond acceptors (Lipinski definition) is 3. The van der Waals surface area contributed by atoms with Gasteiger partial charge in [0.25, 0.3) is 0 Å². The number of aliphatic hydroxyl groups excluding tert-OH is 1. The van der Waals surface area contributed by atoms with Gasteiger partial charge in [0.05, 0.1) is 12.4 Å². The van der Waals surface area contributed by atoms with Crippen molar-refractivity contribution in [3.8, 4) is 5.69 Å². The quantitative estimate of drug-likeness (QED) is 0.871. The van der Waals surface area contributed by atoms with Gasteiger partial charge in [0.2, 0.25) is 0 Å². The molecule has 96 valence electrons. The molecule has 0 fully saturated rings. The molecule has 4 nitrogen and oxygen atoms in total. The Balaban J connectivity index is 2.00. The van der Waals surface area contributed by atoms with Gasteiger partial charge in [-0.15, -0.1) is 0 Å². The predicted molar refractivity (Wildman–Crippen MR) is 71.6 cm³/mol. The lowest BCUT2D eigenvalue weighted by molar-refractivity contribution is 0.138. The summed E-state index contributed by atoms with van der Waals surface area (Å²) in [7, 11) is 2.01. The van der Waals surface area contributed by atoms with Crippen LogP contribution in [0.4, 0.5) is 0 Å². The van der Waals surface area contributed by atoms with Crippen LogP contribution >= 0.6 is 0 Å². The van der Waals surface area contributed by atoms with Crippen LogP contribution in [0.15, 0.2) is 43.0 Å². The molecular weight excluding hydrogens is 226 g/mol. The first-order valence-electron chi connectivity index (χ1n) is 6.09. The Hall–Kier alpha value is -1.65. The summed E-state index contributed by atoms with van der Waals surface area (Å²) < 4.78 is 1.98. The first kappa shape index (κ1) is 12.8. The Bertz CT molecular complexity index is 462.